The van der Waals surface area contributed by atoms with Gasteiger partial charge in [0.15, 0.2) is 0 Å². The highest BCUT2D eigenvalue weighted by molar-refractivity contribution is 5.84. The molecule has 0 aromatic heterocycles. The molecule has 1 aliphatic rings. The van der Waals surface area contributed by atoms with Crippen molar-refractivity contribution in [2.45, 2.75) is 336 Å². The lowest BCUT2D eigenvalue weighted by Gasteiger charge is -2.23. The van der Waals surface area contributed by atoms with Crippen molar-refractivity contribution in [2.24, 2.45) is 17.8 Å². The molecule has 1 amide bonds. The third-order valence-corrected chi connectivity index (χ3v) is 13.7. The number of amides is 1. The van der Waals surface area contributed by atoms with Crippen LogP contribution >= 0.6 is 0 Å². The van der Waals surface area contributed by atoms with Gasteiger partial charge in [-0.2, -0.15) is 0 Å². The molecule has 4 atom stereocenters. The quantitative estimate of drug-likeness (QED) is 0.0353. The molecule has 79 heavy (non-hydrogen) atoms. The first-order chi connectivity index (χ1) is 37.9. The van der Waals surface area contributed by atoms with Gasteiger partial charge < -0.3 is 24.2 Å². The standard InChI is InChI=1S/C26H49NO5.C16H31NO2.C9H18O.C7H16.C4H10.C3H6O2.C2H6/c1-5-8-10-12-14-16-18-31-25(29)21-27(20-24(28)23(4)7-3)22-26(30)32-19-17-15-13-11-9-6-2;1-4-6-7-8-10-14(3)13-19-16(18)17-12-9-11-15(17)5-2;1-4-6-9(10)7-8(3)5-2;1-3-5-7-6-4-2;1-3-4-2;1-2-3(4)5;1-2/h23H,5-22H2,1-4H3;14-15H,4-13H2,1-3H3;8H,4-7H2,1-3H3;3-7H2,1-2H3;3-4H2,1-2H3;2H2,1H3,(H,4,5);1-2H3. The number of esters is 2. The number of carboxylic acids is 1. The molecule has 0 bridgehead atoms. The third kappa shape index (κ3) is 69.2. The highest BCUT2D eigenvalue weighted by Gasteiger charge is 2.28. The lowest BCUT2D eigenvalue weighted by Crippen LogP contribution is -2.40. The van der Waals surface area contributed by atoms with Crippen LogP contribution in [0.4, 0.5) is 4.79 Å². The Morgan fingerprint density at radius 1 is 0.519 bits per heavy atom. The first-order valence-corrected chi connectivity index (χ1v) is 33.2. The van der Waals surface area contributed by atoms with Crippen LogP contribution < -0.4 is 0 Å². The molecule has 12 nitrogen and oxygen atoms in total. The number of ether oxygens (including phenoxy) is 3. The summed E-state index contributed by atoms with van der Waals surface area (Å²) in [6.07, 6.45) is 37.3. The van der Waals surface area contributed by atoms with E-state index in [0.29, 0.717) is 43.5 Å². The van der Waals surface area contributed by atoms with Crippen molar-refractivity contribution in [3.05, 3.63) is 0 Å². The summed E-state index contributed by atoms with van der Waals surface area (Å²) < 4.78 is 16.1. The van der Waals surface area contributed by atoms with Gasteiger partial charge in [-0.1, -0.05) is 259 Å². The summed E-state index contributed by atoms with van der Waals surface area (Å²) in [5.41, 5.74) is 0. The van der Waals surface area contributed by atoms with Crippen molar-refractivity contribution in [3.63, 3.8) is 0 Å². The maximum atomic E-state index is 12.4. The van der Waals surface area contributed by atoms with Crippen molar-refractivity contribution in [1.82, 2.24) is 9.80 Å². The Bertz CT molecular complexity index is 1270. The van der Waals surface area contributed by atoms with E-state index in [1.165, 1.54) is 116 Å². The monoisotopic (exact) mass is 1130 g/mol. The Hall–Kier alpha value is -3.02. The maximum absolute atomic E-state index is 12.4. The van der Waals surface area contributed by atoms with Crippen LogP contribution in [0.1, 0.15) is 330 Å². The molecule has 12 heteroatoms. The number of ketones is 2. The van der Waals surface area contributed by atoms with Gasteiger partial charge in [-0.05, 0) is 63.2 Å². The molecule has 4 unspecified atom stereocenters. The highest BCUT2D eigenvalue weighted by atomic mass is 16.6. The normalized spacial score (nSPS) is 13.2. The minimum Gasteiger partial charge on any atom is -0.481 e. The second-order valence-corrected chi connectivity index (χ2v) is 21.6. The molecule has 0 radical (unpaired) electrons. The van der Waals surface area contributed by atoms with Crippen LogP contribution in [0.25, 0.3) is 0 Å². The fourth-order valence-corrected chi connectivity index (χ4v) is 7.76. The van der Waals surface area contributed by atoms with Crippen LogP contribution in [-0.4, -0.2) is 103 Å². The Morgan fingerprint density at radius 3 is 1.32 bits per heavy atom. The van der Waals surface area contributed by atoms with Crippen molar-refractivity contribution in [1.29, 1.82) is 0 Å². The Labute approximate surface area is 490 Å². The number of likely N-dealkylation sites (tertiary alicyclic amines) is 1. The number of nitrogens with zero attached hydrogens (tertiary/aromatic N) is 2. The number of carboxylic acid groups (broad SMARTS) is 1. The Kier molecular flexibility index (Phi) is 78.5. The average molecular weight is 1130 g/mol. The molecule has 0 saturated carbocycles. The molecule has 1 saturated heterocycles. The van der Waals surface area contributed by atoms with E-state index in [2.05, 4.69) is 83.1 Å². The fraction of sp³-hybridized carbons (Fsp3) is 0.910. The highest BCUT2D eigenvalue weighted by Crippen LogP contribution is 2.21. The van der Waals surface area contributed by atoms with Crippen LogP contribution in [-0.2, 0) is 38.2 Å². The molecule has 474 valence electrons. The molecular formula is C67H136N2O10. The number of carbonyl (C=O) groups is 6. The number of hydrogen-bond acceptors (Lipinski definition) is 10. The van der Waals surface area contributed by atoms with E-state index in [-0.39, 0.29) is 55.8 Å². The van der Waals surface area contributed by atoms with Crippen LogP contribution in [0.3, 0.4) is 0 Å². The molecule has 0 spiro atoms. The van der Waals surface area contributed by atoms with Crippen LogP contribution in [0.15, 0.2) is 0 Å². The van der Waals surface area contributed by atoms with E-state index < -0.39 is 5.97 Å². The number of hydrogen-bond donors (Lipinski definition) is 1. The zero-order valence-corrected chi connectivity index (χ0v) is 55.6. The predicted molar refractivity (Wildman–Crippen MR) is 337 cm³/mol. The first kappa shape index (κ1) is 87.2. The van der Waals surface area contributed by atoms with Crippen LogP contribution in [0, 0.1) is 17.8 Å². The topological polar surface area (TPSA) is 157 Å². The van der Waals surface area contributed by atoms with E-state index in [1.807, 2.05) is 32.6 Å². The van der Waals surface area contributed by atoms with Crippen molar-refractivity contribution in [3.8, 4) is 0 Å². The average Bonchev–Trinajstić information content (AvgIpc) is 3.94. The summed E-state index contributed by atoms with van der Waals surface area (Å²) >= 11 is 0. The molecule has 0 aromatic rings. The minimum absolute atomic E-state index is 0.0277. The zero-order chi connectivity index (χ0) is 61.3. The molecule has 1 fully saturated rings. The SMILES string of the molecule is CC.CCC(=O)O.CCCC.CCCC(=O)CC(C)CC.CCCCCCC.CCCCCCC(C)COC(=O)N1CCCC1CC.CCCCCCCCOC(=O)CN(CC(=O)OCCCCCCCC)CC(=O)C(C)CC. The summed E-state index contributed by atoms with van der Waals surface area (Å²) in [6, 6.07) is 0.410. The molecule has 0 aromatic carbocycles. The molecule has 1 aliphatic heterocycles. The number of carbonyl (C=O) groups excluding carboxylic acids is 5. The van der Waals surface area contributed by atoms with Gasteiger partial charge in [-0.3, -0.25) is 28.9 Å². The number of Topliss-reactive ketones (excluding diaryl/α,β-unsaturated/α-hetero) is 2. The summed E-state index contributed by atoms with van der Waals surface area (Å²) in [4.78, 5) is 72.7. The summed E-state index contributed by atoms with van der Waals surface area (Å²) in [7, 11) is 0. The van der Waals surface area contributed by atoms with E-state index in [9.17, 15) is 28.8 Å². The van der Waals surface area contributed by atoms with Gasteiger partial charge in [0, 0.05) is 37.8 Å². The lowest BCUT2D eigenvalue weighted by atomic mass is 10.0. The largest absolute Gasteiger partial charge is 0.481 e. The number of unbranched alkanes of at least 4 members (excludes halogenated alkanes) is 18. The van der Waals surface area contributed by atoms with Gasteiger partial charge in [-0.15, -0.1) is 0 Å². The second kappa shape index (κ2) is 71.1. The Morgan fingerprint density at radius 2 is 0.937 bits per heavy atom. The van der Waals surface area contributed by atoms with E-state index in [4.69, 9.17) is 19.3 Å². The third-order valence-electron chi connectivity index (χ3n) is 13.7. The van der Waals surface area contributed by atoms with Gasteiger partial charge >= 0.3 is 24.0 Å². The van der Waals surface area contributed by atoms with Gasteiger partial charge in [-0.25, -0.2) is 4.79 Å². The van der Waals surface area contributed by atoms with Crippen LogP contribution in [0.5, 0.6) is 0 Å². The lowest BCUT2D eigenvalue weighted by molar-refractivity contribution is -0.149. The first-order valence-electron chi connectivity index (χ1n) is 33.2. The second-order valence-electron chi connectivity index (χ2n) is 21.6. The summed E-state index contributed by atoms with van der Waals surface area (Å²) in [5, 5.41) is 7.72. The summed E-state index contributed by atoms with van der Waals surface area (Å²) in [6.45, 7) is 37.7. The Balaban J connectivity index is -0.000000237. The zero-order valence-electron chi connectivity index (χ0n) is 55.6. The van der Waals surface area contributed by atoms with Crippen molar-refractivity contribution >= 4 is 35.6 Å². The van der Waals surface area contributed by atoms with Crippen molar-refractivity contribution in [2.75, 3.05) is 46.0 Å². The van der Waals surface area contributed by atoms with Crippen LogP contribution in [0.2, 0.25) is 0 Å². The van der Waals surface area contributed by atoms with Gasteiger partial charge in [0.25, 0.3) is 0 Å². The number of aliphatic carboxylic acids is 1. The van der Waals surface area contributed by atoms with Gasteiger partial charge in [0.1, 0.15) is 11.6 Å². The molecule has 1 rings (SSSR count). The predicted octanol–water partition coefficient (Wildman–Crippen LogP) is 19.4. The van der Waals surface area contributed by atoms with Crippen molar-refractivity contribution < 1.29 is 48.1 Å². The minimum atomic E-state index is -0.745. The molecule has 1 N–H and O–H groups in total. The molecule has 1 heterocycles. The molecule has 0 aliphatic carbocycles. The van der Waals surface area contributed by atoms with E-state index in [0.717, 1.165) is 96.4 Å². The van der Waals surface area contributed by atoms with E-state index in [1.54, 1.807) is 11.8 Å². The number of rotatable bonds is 41. The van der Waals surface area contributed by atoms with Gasteiger partial charge in [0.05, 0.1) is 39.5 Å². The summed E-state index contributed by atoms with van der Waals surface area (Å²) in [5.74, 6) is -0.0985. The molecular weight excluding hydrogens is 993 g/mol. The van der Waals surface area contributed by atoms with E-state index >= 15 is 0 Å². The smallest absolute Gasteiger partial charge is 0.410 e. The van der Waals surface area contributed by atoms with Gasteiger partial charge in [0.2, 0.25) is 0 Å². The maximum Gasteiger partial charge on any atom is 0.410 e. The fourth-order valence-electron chi connectivity index (χ4n) is 7.76.